The number of nitrogens with two attached hydrogens (primary N) is 1. The Bertz CT molecular complexity index is 463. The lowest BCUT2D eigenvalue weighted by molar-refractivity contribution is 0.0603. The zero-order valence-electron chi connectivity index (χ0n) is 11.5. The first-order chi connectivity index (χ1) is 9.02. The smallest absolute Gasteiger partial charge is 0.344 e. The van der Waals surface area contributed by atoms with E-state index >= 15 is 0 Å². The number of nitrogens with zero attached hydrogens (tertiary/aromatic N) is 3. The van der Waals surface area contributed by atoms with Crippen molar-refractivity contribution in [3.8, 4) is 0 Å². The maximum absolute atomic E-state index is 11.7. The molecule has 1 atom stereocenters. The highest BCUT2D eigenvalue weighted by molar-refractivity contribution is 7.11. The van der Waals surface area contributed by atoms with Crippen molar-refractivity contribution in [1.82, 2.24) is 9.27 Å². The predicted molar refractivity (Wildman–Crippen MR) is 76.7 cm³/mol. The van der Waals surface area contributed by atoms with E-state index in [-0.39, 0.29) is 5.82 Å². The largest absolute Gasteiger partial charge is 0.465 e. The van der Waals surface area contributed by atoms with Crippen LogP contribution in [0, 0.1) is 5.92 Å². The van der Waals surface area contributed by atoms with Crippen molar-refractivity contribution in [2.75, 3.05) is 51.5 Å². The molecule has 1 aromatic heterocycles. The normalized spacial score (nSPS) is 19.6. The van der Waals surface area contributed by atoms with Gasteiger partial charge in [-0.2, -0.15) is 4.37 Å². The van der Waals surface area contributed by atoms with Gasteiger partial charge in [0.25, 0.3) is 0 Å². The molecule has 0 saturated carbocycles. The van der Waals surface area contributed by atoms with Crippen LogP contribution in [0.3, 0.4) is 0 Å². The topological polar surface area (TPSA) is 71.7 Å². The van der Waals surface area contributed by atoms with E-state index in [4.69, 9.17) is 10.5 Å². The van der Waals surface area contributed by atoms with Crippen LogP contribution in [0.5, 0.6) is 0 Å². The fraction of sp³-hybridized carbons (Fsp3) is 0.667. The SMILES string of the molecule is COC(=O)c1c(N)nsc1N(C)CC1CCN(C)C1. The number of ether oxygens (including phenoxy) is 1. The van der Waals surface area contributed by atoms with Crippen LogP contribution < -0.4 is 10.6 Å². The van der Waals surface area contributed by atoms with E-state index in [0.717, 1.165) is 24.6 Å². The third kappa shape index (κ3) is 2.98. The van der Waals surface area contributed by atoms with Gasteiger partial charge in [0.15, 0.2) is 5.82 Å². The summed E-state index contributed by atoms with van der Waals surface area (Å²) in [5, 5.41) is 0.791. The Kier molecular flexibility index (Phi) is 4.26. The van der Waals surface area contributed by atoms with Crippen LogP contribution in [0.2, 0.25) is 0 Å². The van der Waals surface area contributed by atoms with Crippen molar-refractivity contribution < 1.29 is 9.53 Å². The molecule has 106 valence electrons. The molecule has 7 heteroatoms. The Morgan fingerprint density at radius 3 is 3.00 bits per heavy atom. The summed E-state index contributed by atoms with van der Waals surface area (Å²) in [5.41, 5.74) is 6.14. The molecule has 2 rings (SSSR count). The van der Waals surface area contributed by atoms with Gasteiger partial charge in [-0.15, -0.1) is 0 Å². The second-order valence-corrected chi connectivity index (χ2v) is 5.79. The Labute approximate surface area is 117 Å². The first-order valence-corrected chi connectivity index (χ1v) is 7.03. The molecule has 0 spiro atoms. The van der Waals surface area contributed by atoms with E-state index in [1.165, 1.54) is 25.1 Å². The van der Waals surface area contributed by atoms with E-state index < -0.39 is 5.97 Å². The molecule has 1 saturated heterocycles. The Hall–Kier alpha value is -1.34. The molecular formula is C12H20N4O2S. The quantitative estimate of drug-likeness (QED) is 0.828. The maximum Gasteiger partial charge on any atom is 0.344 e. The van der Waals surface area contributed by atoms with E-state index in [2.05, 4.69) is 21.2 Å². The zero-order valence-corrected chi connectivity index (χ0v) is 12.4. The molecular weight excluding hydrogens is 264 g/mol. The second kappa shape index (κ2) is 5.75. The van der Waals surface area contributed by atoms with E-state index in [1.54, 1.807) is 0 Å². The number of likely N-dealkylation sites (tertiary alicyclic amines) is 1. The van der Waals surface area contributed by atoms with Crippen LogP contribution in [0.4, 0.5) is 10.8 Å². The van der Waals surface area contributed by atoms with Gasteiger partial charge in [0.2, 0.25) is 0 Å². The minimum atomic E-state index is -0.420. The highest BCUT2D eigenvalue weighted by atomic mass is 32.1. The predicted octanol–water partition coefficient (Wildman–Crippen LogP) is 0.900. The number of nitrogen functional groups attached to an aromatic ring is 1. The van der Waals surface area contributed by atoms with Crippen LogP contribution in [-0.2, 0) is 4.74 Å². The monoisotopic (exact) mass is 284 g/mol. The molecule has 1 aliphatic heterocycles. The van der Waals surface area contributed by atoms with Crippen LogP contribution in [0.1, 0.15) is 16.8 Å². The van der Waals surface area contributed by atoms with Gasteiger partial charge in [-0.05, 0) is 37.5 Å². The number of rotatable bonds is 4. The zero-order chi connectivity index (χ0) is 14.0. The molecule has 0 radical (unpaired) electrons. The van der Waals surface area contributed by atoms with E-state index in [0.29, 0.717) is 11.5 Å². The van der Waals surface area contributed by atoms with Crippen molar-refractivity contribution in [2.45, 2.75) is 6.42 Å². The van der Waals surface area contributed by atoms with Crippen LogP contribution in [-0.4, -0.2) is 56.1 Å². The van der Waals surface area contributed by atoms with Gasteiger partial charge in [-0.25, -0.2) is 4.79 Å². The summed E-state index contributed by atoms with van der Waals surface area (Å²) in [6, 6.07) is 0. The lowest BCUT2D eigenvalue weighted by Crippen LogP contribution is -2.27. The van der Waals surface area contributed by atoms with E-state index in [1.807, 2.05) is 7.05 Å². The van der Waals surface area contributed by atoms with Gasteiger partial charge in [0.05, 0.1) is 7.11 Å². The number of hydrogen-bond donors (Lipinski definition) is 1. The summed E-state index contributed by atoms with van der Waals surface area (Å²) in [6.07, 6.45) is 1.18. The van der Waals surface area contributed by atoms with Crippen LogP contribution in [0.25, 0.3) is 0 Å². The Morgan fingerprint density at radius 1 is 1.68 bits per heavy atom. The third-order valence-electron chi connectivity index (χ3n) is 3.46. The number of esters is 1. The number of hydrogen-bond acceptors (Lipinski definition) is 7. The van der Waals surface area contributed by atoms with Gasteiger partial charge in [-0.3, -0.25) is 0 Å². The lowest BCUT2D eigenvalue weighted by Gasteiger charge is -2.22. The molecule has 0 aliphatic carbocycles. The van der Waals surface area contributed by atoms with Gasteiger partial charge in [0, 0.05) is 20.1 Å². The van der Waals surface area contributed by atoms with E-state index in [9.17, 15) is 4.79 Å². The summed E-state index contributed by atoms with van der Waals surface area (Å²) in [6.45, 7) is 3.12. The van der Waals surface area contributed by atoms with Crippen LogP contribution in [0.15, 0.2) is 0 Å². The molecule has 19 heavy (non-hydrogen) atoms. The molecule has 0 amide bonds. The lowest BCUT2D eigenvalue weighted by atomic mass is 10.1. The van der Waals surface area contributed by atoms with Gasteiger partial charge < -0.3 is 20.3 Å². The highest BCUT2D eigenvalue weighted by Gasteiger charge is 2.26. The fourth-order valence-corrected chi connectivity index (χ4v) is 3.26. The Balaban J connectivity index is 2.10. The number of aromatic nitrogens is 1. The average molecular weight is 284 g/mol. The molecule has 0 aromatic carbocycles. The molecule has 6 nitrogen and oxygen atoms in total. The summed E-state index contributed by atoms with van der Waals surface area (Å²) in [5.74, 6) is 0.447. The molecule has 2 heterocycles. The molecule has 1 unspecified atom stereocenters. The van der Waals surface area contributed by atoms with Crippen molar-refractivity contribution in [1.29, 1.82) is 0 Å². The third-order valence-corrected chi connectivity index (χ3v) is 4.43. The van der Waals surface area contributed by atoms with Crippen molar-refractivity contribution in [3.05, 3.63) is 5.56 Å². The second-order valence-electron chi connectivity index (χ2n) is 5.04. The number of methoxy groups -OCH3 is 1. The maximum atomic E-state index is 11.7. The first kappa shape index (κ1) is 14.1. The molecule has 1 fully saturated rings. The van der Waals surface area contributed by atoms with Crippen molar-refractivity contribution in [3.63, 3.8) is 0 Å². The van der Waals surface area contributed by atoms with Crippen molar-refractivity contribution in [2.24, 2.45) is 5.92 Å². The fourth-order valence-electron chi connectivity index (χ4n) is 2.49. The number of anilines is 2. The van der Waals surface area contributed by atoms with Gasteiger partial charge in [0.1, 0.15) is 10.6 Å². The molecule has 1 aliphatic rings. The first-order valence-electron chi connectivity index (χ1n) is 6.26. The van der Waals surface area contributed by atoms with Gasteiger partial charge in [-0.1, -0.05) is 0 Å². The summed E-state index contributed by atoms with van der Waals surface area (Å²) < 4.78 is 8.83. The van der Waals surface area contributed by atoms with Gasteiger partial charge >= 0.3 is 5.97 Å². The molecule has 0 bridgehead atoms. The summed E-state index contributed by atoms with van der Waals surface area (Å²) in [4.78, 5) is 16.1. The standard InChI is InChI=1S/C12H20N4O2S/c1-15-5-4-8(6-15)7-16(2)11-9(12(17)18-3)10(13)14-19-11/h8H,4-7H2,1-3H3,(H2,13,14). The minimum Gasteiger partial charge on any atom is -0.465 e. The molecule has 2 N–H and O–H groups in total. The minimum absolute atomic E-state index is 0.252. The highest BCUT2D eigenvalue weighted by Crippen LogP contribution is 2.31. The Morgan fingerprint density at radius 2 is 2.42 bits per heavy atom. The number of carbonyl (C=O) groups is 1. The summed E-state index contributed by atoms with van der Waals surface area (Å²) in [7, 11) is 5.46. The summed E-state index contributed by atoms with van der Waals surface area (Å²) >= 11 is 1.25. The van der Waals surface area contributed by atoms with Crippen LogP contribution >= 0.6 is 11.5 Å². The number of carbonyl (C=O) groups excluding carboxylic acids is 1. The van der Waals surface area contributed by atoms with Crippen molar-refractivity contribution >= 4 is 28.3 Å². The average Bonchev–Trinajstić information content (AvgIpc) is 2.94. The molecule has 1 aromatic rings.